The number of ether oxygens (including phenoxy) is 2. The molecule has 0 saturated heterocycles. The topological polar surface area (TPSA) is 18.5 Å². The van der Waals surface area contributed by atoms with Crippen molar-refractivity contribution >= 4 is 0 Å². The average molecular weight is 170 g/mol. The molecule has 0 aliphatic heterocycles. The molecule has 2 nitrogen and oxygen atoms in total. The lowest BCUT2D eigenvalue weighted by Crippen LogP contribution is -2.11. The van der Waals surface area contributed by atoms with Crippen LogP contribution in [0.5, 0.6) is 0 Å². The maximum absolute atomic E-state index is 11.9. The SMILES string of the molecule is CCOC(C)OC(F)=C(F)F. The van der Waals surface area contributed by atoms with Gasteiger partial charge in [-0.1, -0.05) is 0 Å². The van der Waals surface area contributed by atoms with Crippen molar-refractivity contribution in [2.45, 2.75) is 20.1 Å². The molecular weight excluding hydrogens is 161 g/mol. The molecule has 5 heteroatoms. The van der Waals surface area contributed by atoms with Gasteiger partial charge in [-0.25, -0.2) is 0 Å². The summed E-state index contributed by atoms with van der Waals surface area (Å²) in [7, 11) is 0. The largest absolute Gasteiger partial charge is 0.437 e. The predicted molar refractivity (Wildman–Crippen MR) is 32.5 cm³/mol. The summed E-state index contributed by atoms with van der Waals surface area (Å²) in [5.41, 5.74) is 0. The summed E-state index contributed by atoms with van der Waals surface area (Å²) < 4.78 is 43.3. The van der Waals surface area contributed by atoms with Gasteiger partial charge in [0.2, 0.25) is 0 Å². The molecule has 0 rings (SSSR count). The highest BCUT2D eigenvalue weighted by Crippen LogP contribution is 2.12. The molecule has 0 heterocycles. The molecule has 0 N–H and O–H groups in total. The van der Waals surface area contributed by atoms with Crippen LogP contribution in [0.4, 0.5) is 13.2 Å². The normalized spacial score (nSPS) is 12.5. The van der Waals surface area contributed by atoms with Crippen molar-refractivity contribution in [2.75, 3.05) is 6.61 Å². The molecule has 0 aliphatic carbocycles. The first-order valence-electron chi connectivity index (χ1n) is 3.07. The fraction of sp³-hybridized carbons (Fsp3) is 0.667. The molecule has 0 aromatic heterocycles. The van der Waals surface area contributed by atoms with Crippen molar-refractivity contribution in [3.63, 3.8) is 0 Å². The Labute approximate surface area is 62.6 Å². The van der Waals surface area contributed by atoms with Gasteiger partial charge in [0.1, 0.15) is 0 Å². The number of halogens is 3. The Kier molecular flexibility index (Phi) is 4.69. The summed E-state index contributed by atoms with van der Waals surface area (Å²) in [4.78, 5) is 0. The monoisotopic (exact) mass is 170 g/mol. The van der Waals surface area contributed by atoms with E-state index in [0.29, 0.717) is 0 Å². The summed E-state index contributed by atoms with van der Waals surface area (Å²) in [5, 5.41) is 0. The van der Waals surface area contributed by atoms with Gasteiger partial charge in [-0.2, -0.15) is 13.2 Å². The van der Waals surface area contributed by atoms with E-state index in [4.69, 9.17) is 0 Å². The third kappa shape index (κ3) is 4.66. The summed E-state index contributed by atoms with van der Waals surface area (Å²) >= 11 is 0. The lowest BCUT2D eigenvalue weighted by atomic mass is 10.7. The van der Waals surface area contributed by atoms with Crippen molar-refractivity contribution in [1.82, 2.24) is 0 Å². The van der Waals surface area contributed by atoms with Crippen LogP contribution in [0.3, 0.4) is 0 Å². The molecule has 0 radical (unpaired) electrons. The molecule has 1 atom stereocenters. The van der Waals surface area contributed by atoms with Crippen LogP contribution in [-0.4, -0.2) is 12.9 Å². The highest BCUT2D eigenvalue weighted by molar-refractivity contribution is 4.80. The number of rotatable bonds is 4. The standard InChI is InChI=1S/C6H9F3O2/c1-3-10-4(2)11-6(9)5(7)8/h4H,3H2,1-2H3. The molecule has 0 bridgehead atoms. The predicted octanol–water partition coefficient (Wildman–Crippen LogP) is 2.42. The van der Waals surface area contributed by atoms with E-state index < -0.39 is 18.4 Å². The Hall–Kier alpha value is -0.710. The van der Waals surface area contributed by atoms with E-state index in [2.05, 4.69) is 9.47 Å². The van der Waals surface area contributed by atoms with Gasteiger partial charge in [0.15, 0.2) is 6.29 Å². The van der Waals surface area contributed by atoms with Crippen molar-refractivity contribution in [2.24, 2.45) is 0 Å². The molecule has 0 aromatic carbocycles. The minimum absolute atomic E-state index is 0.280. The molecule has 11 heavy (non-hydrogen) atoms. The van der Waals surface area contributed by atoms with Gasteiger partial charge < -0.3 is 9.47 Å². The lowest BCUT2D eigenvalue weighted by Gasteiger charge is -2.10. The summed E-state index contributed by atoms with van der Waals surface area (Å²) in [6.45, 7) is 3.25. The van der Waals surface area contributed by atoms with E-state index in [1.165, 1.54) is 6.92 Å². The Morgan fingerprint density at radius 2 is 1.91 bits per heavy atom. The van der Waals surface area contributed by atoms with Crippen LogP contribution in [-0.2, 0) is 9.47 Å². The Morgan fingerprint density at radius 3 is 2.27 bits per heavy atom. The minimum Gasteiger partial charge on any atom is -0.437 e. The Balaban J connectivity index is 3.75. The van der Waals surface area contributed by atoms with E-state index in [0.717, 1.165) is 0 Å². The van der Waals surface area contributed by atoms with Gasteiger partial charge in [0.25, 0.3) is 0 Å². The second kappa shape index (κ2) is 5.01. The first kappa shape index (κ1) is 10.3. The fourth-order valence-corrected chi connectivity index (χ4v) is 0.459. The molecule has 1 unspecified atom stereocenters. The molecule has 66 valence electrons. The lowest BCUT2D eigenvalue weighted by molar-refractivity contribution is -0.119. The third-order valence-electron chi connectivity index (χ3n) is 0.819. The van der Waals surface area contributed by atoms with E-state index in [1.807, 2.05) is 0 Å². The van der Waals surface area contributed by atoms with Crippen molar-refractivity contribution in [3.05, 3.63) is 12.1 Å². The van der Waals surface area contributed by atoms with E-state index in [1.54, 1.807) is 6.92 Å². The second-order valence-electron chi connectivity index (χ2n) is 1.67. The van der Waals surface area contributed by atoms with Crippen LogP contribution in [0, 0.1) is 0 Å². The van der Waals surface area contributed by atoms with Gasteiger partial charge >= 0.3 is 12.1 Å². The van der Waals surface area contributed by atoms with Crippen LogP contribution in [0.15, 0.2) is 12.1 Å². The molecular formula is C6H9F3O2. The third-order valence-corrected chi connectivity index (χ3v) is 0.819. The summed E-state index contributed by atoms with van der Waals surface area (Å²) in [5.74, 6) is 0. The van der Waals surface area contributed by atoms with E-state index >= 15 is 0 Å². The Bertz CT molecular complexity index is 143. The molecule has 0 spiro atoms. The average Bonchev–Trinajstić information content (AvgIpc) is 1.87. The van der Waals surface area contributed by atoms with Gasteiger partial charge in [0, 0.05) is 6.61 Å². The fourth-order valence-electron chi connectivity index (χ4n) is 0.459. The van der Waals surface area contributed by atoms with Crippen LogP contribution in [0.1, 0.15) is 13.8 Å². The van der Waals surface area contributed by atoms with Crippen LogP contribution in [0.25, 0.3) is 0 Å². The molecule has 0 fully saturated rings. The smallest absolute Gasteiger partial charge is 0.342 e. The van der Waals surface area contributed by atoms with Gasteiger partial charge in [0.05, 0.1) is 0 Å². The number of hydrogen-bond acceptors (Lipinski definition) is 2. The van der Waals surface area contributed by atoms with Crippen LogP contribution < -0.4 is 0 Å². The Morgan fingerprint density at radius 1 is 1.36 bits per heavy atom. The summed E-state index contributed by atoms with van der Waals surface area (Å²) in [6, 6.07) is -1.88. The van der Waals surface area contributed by atoms with Crippen LogP contribution >= 0.6 is 0 Å². The zero-order chi connectivity index (χ0) is 8.85. The molecule has 0 aromatic rings. The highest BCUT2D eigenvalue weighted by atomic mass is 19.3. The van der Waals surface area contributed by atoms with Crippen molar-refractivity contribution < 1.29 is 22.6 Å². The first-order chi connectivity index (χ1) is 5.07. The maximum Gasteiger partial charge on any atom is 0.342 e. The zero-order valence-electron chi connectivity index (χ0n) is 6.23. The number of hydrogen-bond donors (Lipinski definition) is 0. The molecule has 0 saturated carbocycles. The zero-order valence-corrected chi connectivity index (χ0v) is 6.23. The first-order valence-corrected chi connectivity index (χ1v) is 3.07. The van der Waals surface area contributed by atoms with Crippen LogP contribution in [0.2, 0.25) is 0 Å². The van der Waals surface area contributed by atoms with Gasteiger partial charge in [-0.05, 0) is 13.8 Å². The second-order valence-corrected chi connectivity index (χ2v) is 1.67. The van der Waals surface area contributed by atoms with Gasteiger partial charge in [-0.15, -0.1) is 0 Å². The van der Waals surface area contributed by atoms with E-state index in [9.17, 15) is 13.2 Å². The highest BCUT2D eigenvalue weighted by Gasteiger charge is 2.10. The van der Waals surface area contributed by atoms with Crippen molar-refractivity contribution in [1.29, 1.82) is 0 Å². The van der Waals surface area contributed by atoms with Gasteiger partial charge in [-0.3, -0.25) is 0 Å². The quantitative estimate of drug-likeness (QED) is 0.476. The summed E-state index contributed by atoms with van der Waals surface area (Å²) in [6.07, 6.45) is -3.46. The minimum atomic E-state index is -2.48. The molecule has 0 amide bonds. The molecule has 0 aliphatic rings. The van der Waals surface area contributed by atoms with E-state index in [-0.39, 0.29) is 6.61 Å². The maximum atomic E-state index is 11.9. The van der Waals surface area contributed by atoms with Crippen molar-refractivity contribution in [3.8, 4) is 0 Å².